The molecule has 0 aromatic heterocycles. The van der Waals surface area contributed by atoms with E-state index in [1.54, 1.807) is 6.07 Å². The second kappa shape index (κ2) is 5.71. The highest BCUT2D eigenvalue weighted by molar-refractivity contribution is 6.17. The summed E-state index contributed by atoms with van der Waals surface area (Å²) in [6.45, 7) is 0. The molecule has 0 saturated heterocycles. The highest BCUT2D eigenvalue weighted by Crippen LogP contribution is 2.25. The second-order valence-electron chi connectivity index (χ2n) is 3.38. The van der Waals surface area contributed by atoms with Crippen molar-refractivity contribution in [2.45, 2.75) is 18.6 Å². The molecular formula is C11H12ClNO3. The van der Waals surface area contributed by atoms with E-state index in [1.165, 1.54) is 18.2 Å². The maximum absolute atomic E-state index is 9.71. The molecule has 0 spiro atoms. The first kappa shape index (κ1) is 12.8. The molecule has 4 nitrogen and oxygen atoms in total. The standard InChI is InChI=1S/C11H12ClNO3/c12-4-3-9(14)11(16)7-1-2-8(6-13)10(15)5-7/h1-2,5,9,11,14-16H,3-4H2. The number of aliphatic hydroxyl groups is 2. The van der Waals surface area contributed by atoms with Crippen molar-refractivity contribution >= 4 is 11.6 Å². The van der Waals surface area contributed by atoms with Crippen molar-refractivity contribution in [3.05, 3.63) is 29.3 Å². The van der Waals surface area contributed by atoms with Crippen LogP contribution in [0.1, 0.15) is 23.7 Å². The molecule has 0 radical (unpaired) electrons. The van der Waals surface area contributed by atoms with Gasteiger partial charge in [0.2, 0.25) is 0 Å². The zero-order valence-corrected chi connectivity index (χ0v) is 9.22. The Morgan fingerprint density at radius 2 is 2.06 bits per heavy atom. The molecule has 0 amide bonds. The normalized spacial score (nSPS) is 14.1. The molecule has 0 aliphatic carbocycles. The summed E-state index contributed by atoms with van der Waals surface area (Å²) in [5.74, 6) is 0.0256. The van der Waals surface area contributed by atoms with E-state index in [0.717, 1.165) is 0 Å². The molecule has 0 heterocycles. The van der Waals surface area contributed by atoms with Crippen molar-refractivity contribution in [1.82, 2.24) is 0 Å². The van der Waals surface area contributed by atoms with E-state index in [0.29, 0.717) is 5.56 Å². The molecule has 5 heteroatoms. The van der Waals surface area contributed by atoms with Gasteiger partial charge in [-0.3, -0.25) is 0 Å². The van der Waals surface area contributed by atoms with Crippen molar-refractivity contribution < 1.29 is 15.3 Å². The van der Waals surface area contributed by atoms with Crippen LogP contribution in [0.5, 0.6) is 5.75 Å². The number of nitrogens with zero attached hydrogens (tertiary/aromatic N) is 1. The van der Waals surface area contributed by atoms with Gasteiger partial charge < -0.3 is 15.3 Å². The Bertz CT molecular complexity index is 403. The number of aliphatic hydroxyl groups excluding tert-OH is 2. The molecule has 16 heavy (non-hydrogen) atoms. The molecule has 0 aliphatic heterocycles. The lowest BCUT2D eigenvalue weighted by Gasteiger charge is -2.17. The number of nitriles is 1. The molecule has 0 fully saturated rings. The highest BCUT2D eigenvalue weighted by Gasteiger charge is 2.18. The Labute approximate surface area is 98.3 Å². The second-order valence-corrected chi connectivity index (χ2v) is 3.76. The monoisotopic (exact) mass is 241 g/mol. The van der Waals surface area contributed by atoms with Gasteiger partial charge in [-0.05, 0) is 24.1 Å². The minimum Gasteiger partial charge on any atom is -0.507 e. The van der Waals surface area contributed by atoms with Crippen LogP contribution in [-0.4, -0.2) is 27.3 Å². The summed E-state index contributed by atoms with van der Waals surface area (Å²) < 4.78 is 0. The van der Waals surface area contributed by atoms with E-state index in [2.05, 4.69) is 0 Å². The molecule has 1 rings (SSSR count). The van der Waals surface area contributed by atoms with Gasteiger partial charge in [0.25, 0.3) is 0 Å². The van der Waals surface area contributed by atoms with E-state index in [1.807, 2.05) is 0 Å². The third kappa shape index (κ3) is 2.86. The van der Waals surface area contributed by atoms with E-state index in [9.17, 15) is 15.3 Å². The zero-order chi connectivity index (χ0) is 12.1. The number of phenolic OH excluding ortho intramolecular Hbond substituents is 1. The Hall–Kier alpha value is -1.28. The average molecular weight is 242 g/mol. The molecular weight excluding hydrogens is 230 g/mol. The summed E-state index contributed by atoms with van der Waals surface area (Å²) in [6, 6.07) is 5.94. The quantitative estimate of drug-likeness (QED) is 0.694. The first-order valence-electron chi connectivity index (χ1n) is 4.75. The highest BCUT2D eigenvalue weighted by atomic mass is 35.5. The van der Waals surface area contributed by atoms with Crippen LogP contribution in [0, 0.1) is 11.3 Å². The predicted molar refractivity (Wildman–Crippen MR) is 59.1 cm³/mol. The molecule has 0 aliphatic rings. The Kier molecular flexibility index (Phi) is 4.56. The van der Waals surface area contributed by atoms with Crippen molar-refractivity contribution in [2.24, 2.45) is 0 Å². The van der Waals surface area contributed by atoms with Gasteiger partial charge in [0.15, 0.2) is 0 Å². The summed E-state index contributed by atoms with van der Waals surface area (Å²) in [7, 11) is 0. The SMILES string of the molecule is N#Cc1ccc(C(O)C(O)CCCl)cc1O. The summed E-state index contributed by atoms with van der Waals surface area (Å²) in [4.78, 5) is 0. The van der Waals surface area contributed by atoms with E-state index in [-0.39, 0.29) is 23.6 Å². The van der Waals surface area contributed by atoms with Crippen molar-refractivity contribution in [3.63, 3.8) is 0 Å². The van der Waals surface area contributed by atoms with Crippen LogP contribution in [0.3, 0.4) is 0 Å². The van der Waals surface area contributed by atoms with Crippen LogP contribution in [-0.2, 0) is 0 Å². The number of rotatable bonds is 4. The predicted octanol–water partition coefficient (Wildman–Crippen LogP) is 1.29. The largest absolute Gasteiger partial charge is 0.507 e. The van der Waals surface area contributed by atoms with Crippen LogP contribution in [0.15, 0.2) is 18.2 Å². The molecule has 2 unspecified atom stereocenters. The van der Waals surface area contributed by atoms with Gasteiger partial charge >= 0.3 is 0 Å². The Morgan fingerprint density at radius 1 is 1.38 bits per heavy atom. The number of hydrogen-bond donors (Lipinski definition) is 3. The summed E-state index contributed by atoms with van der Waals surface area (Å²) in [5.41, 5.74) is 0.483. The fourth-order valence-electron chi connectivity index (χ4n) is 1.32. The number of hydrogen-bond acceptors (Lipinski definition) is 4. The summed E-state index contributed by atoms with van der Waals surface area (Å²) in [5, 5.41) is 37.2. The van der Waals surface area contributed by atoms with Gasteiger partial charge in [0.05, 0.1) is 11.7 Å². The van der Waals surface area contributed by atoms with Gasteiger partial charge in [-0.2, -0.15) is 5.26 Å². The number of aromatic hydroxyl groups is 1. The molecule has 1 aromatic carbocycles. The summed E-state index contributed by atoms with van der Waals surface area (Å²) >= 11 is 5.44. The number of alkyl halides is 1. The van der Waals surface area contributed by atoms with Crippen LogP contribution >= 0.6 is 11.6 Å². The molecule has 86 valence electrons. The third-order valence-electron chi connectivity index (χ3n) is 2.25. The van der Waals surface area contributed by atoms with Crippen LogP contribution in [0.4, 0.5) is 0 Å². The lowest BCUT2D eigenvalue weighted by atomic mass is 10.0. The van der Waals surface area contributed by atoms with Crippen molar-refractivity contribution in [2.75, 3.05) is 5.88 Å². The van der Waals surface area contributed by atoms with Gasteiger partial charge in [-0.15, -0.1) is 11.6 Å². The fourth-order valence-corrected chi connectivity index (χ4v) is 1.54. The van der Waals surface area contributed by atoms with Crippen LogP contribution < -0.4 is 0 Å². The van der Waals surface area contributed by atoms with E-state index < -0.39 is 12.2 Å². The maximum Gasteiger partial charge on any atom is 0.133 e. The lowest BCUT2D eigenvalue weighted by molar-refractivity contribution is 0.0169. The fraction of sp³-hybridized carbons (Fsp3) is 0.364. The van der Waals surface area contributed by atoms with Crippen LogP contribution in [0.25, 0.3) is 0 Å². The topological polar surface area (TPSA) is 84.5 Å². The minimum atomic E-state index is -1.11. The zero-order valence-electron chi connectivity index (χ0n) is 8.47. The maximum atomic E-state index is 9.71. The van der Waals surface area contributed by atoms with Gasteiger partial charge in [0, 0.05) is 5.88 Å². The first-order valence-corrected chi connectivity index (χ1v) is 5.28. The van der Waals surface area contributed by atoms with E-state index in [4.69, 9.17) is 16.9 Å². The minimum absolute atomic E-state index is 0.128. The first-order chi connectivity index (χ1) is 7.60. The number of halogens is 1. The smallest absolute Gasteiger partial charge is 0.133 e. The molecule has 2 atom stereocenters. The van der Waals surface area contributed by atoms with Crippen molar-refractivity contribution in [1.29, 1.82) is 5.26 Å². The average Bonchev–Trinajstić information content (AvgIpc) is 2.28. The third-order valence-corrected chi connectivity index (χ3v) is 2.47. The van der Waals surface area contributed by atoms with E-state index >= 15 is 0 Å². The lowest BCUT2D eigenvalue weighted by Crippen LogP contribution is -2.18. The number of benzene rings is 1. The van der Waals surface area contributed by atoms with Gasteiger partial charge in [-0.1, -0.05) is 6.07 Å². The Morgan fingerprint density at radius 3 is 2.56 bits per heavy atom. The Balaban J connectivity index is 2.89. The van der Waals surface area contributed by atoms with Gasteiger partial charge in [-0.25, -0.2) is 0 Å². The van der Waals surface area contributed by atoms with Crippen LogP contribution in [0.2, 0.25) is 0 Å². The molecule has 0 saturated carbocycles. The van der Waals surface area contributed by atoms with Gasteiger partial charge in [0.1, 0.15) is 17.9 Å². The number of phenols is 1. The molecule has 0 bridgehead atoms. The summed E-state index contributed by atoms with van der Waals surface area (Å²) in [6.07, 6.45) is -1.84. The molecule has 1 aromatic rings. The molecule has 3 N–H and O–H groups in total. The van der Waals surface area contributed by atoms with Crippen molar-refractivity contribution in [3.8, 4) is 11.8 Å².